The lowest BCUT2D eigenvalue weighted by Crippen LogP contribution is -2.36. The molecular weight excluding hydrogens is 264 g/mol. The third-order valence-corrected chi connectivity index (χ3v) is 4.26. The van der Waals surface area contributed by atoms with Crippen LogP contribution in [0.25, 0.3) is 0 Å². The molecule has 1 fully saturated rings. The molecule has 5 nitrogen and oxygen atoms in total. The average molecular weight is 282 g/mol. The van der Waals surface area contributed by atoms with E-state index in [-0.39, 0.29) is 5.91 Å². The van der Waals surface area contributed by atoms with Crippen LogP contribution >= 0.6 is 0 Å². The summed E-state index contributed by atoms with van der Waals surface area (Å²) in [6.07, 6.45) is 4.31. The Hall–Kier alpha value is -2.17. The number of anilines is 1. The molecule has 0 spiro atoms. The van der Waals surface area contributed by atoms with Crippen molar-refractivity contribution in [3.63, 3.8) is 0 Å². The van der Waals surface area contributed by atoms with Gasteiger partial charge >= 0.3 is 0 Å². The van der Waals surface area contributed by atoms with E-state index in [0.717, 1.165) is 43.7 Å². The third-order valence-electron chi connectivity index (χ3n) is 4.26. The summed E-state index contributed by atoms with van der Waals surface area (Å²) in [5.74, 6) is 1.54. The maximum Gasteiger partial charge on any atom is 0.297 e. The molecule has 0 saturated heterocycles. The lowest BCUT2D eigenvalue weighted by Gasteiger charge is -2.28. The van der Waals surface area contributed by atoms with E-state index in [2.05, 4.69) is 34.2 Å². The van der Waals surface area contributed by atoms with Crippen molar-refractivity contribution in [2.75, 3.05) is 11.4 Å². The standard InChI is InChI=1S/C16H18N4O/c1-10-4-7-13-12(9-10)3-2-8-20(13)16(21)15-17-14(18-19-15)11-5-6-11/h4,7,9,11H,2-3,5-6,8H2,1H3,(H,17,18,19). The monoisotopic (exact) mass is 282 g/mol. The van der Waals surface area contributed by atoms with E-state index in [9.17, 15) is 4.79 Å². The predicted molar refractivity (Wildman–Crippen MR) is 79.5 cm³/mol. The number of carbonyl (C=O) groups is 1. The van der Waals surface area contributed by atoms with Crippen LogP contribution < -0.4 is 4.90 Å². The summed E-state index contributed by atoms with van der Waals surface area (Å²) in [6, 6.07) is 6.26. The Bertz CT molecular complexity index is 702. The highest BCUT2D eigenvalue weighted by Gasteiger charge is 2.30. The van der Waals surface area contributed by atoms with E-state index in [1.165, 1.54) is 11.1 Å². The van der Waals surface area contributed by atoms with Gasteiger partial charge in [0.2, 0.25) is 5.82 Å². The molecule has 21 heavy (non-hydrogen) atoms. The Labute approximate surface area is 123 Å². The quantitative estimate of drug-likeness (QED) is 0.921. The number of fused-ring (bicyclic) bond motifs is 1. The fraction of sp³-hybridized carbons (Fsp3) is 0.438. The molecule has 108 valence electrons. The fourth-order valence-corrected chi connectivity index (χ4v) is 2.97. The second kappa shape index (κ2) is 4.69. The van der Waals surface area contributed by atoms with E-state index in [0.29, 0.717) is 11.7 Å². The van der Waals surface area contributed by atoms with Gasteiger partial charge in [-0.3, -0.25) is 9.89 Å². The molecule has 0 unspecified atom stereocenters. The lowest BCUT2D eigenvalue weighted by molar-refractivity contribution is 0.0975. The van der Waals surface area contributed by atoms with E-state index in [1.807, 2.05) is 11.0 Å². The van der Waals surface area contributed by atoms with Crippen LogP contribution in [-0.4, -0.2) is 27.6 Å². The van der Waals surface area contributed by atoms with E-state index in [4.69, 9.17) is 0 Å². The van der Waals surface area contributed by atoms with Gasteiger partial charge in [0.05, 0.1) is 0 Å². The van der Waals surface area contributed by atoms with Crippen LogP contribution in [0.1, 0.15) is 52.8 Å². The highest BCUT2D eigenvalue weighted by molar-refractivity contribution is 6.04. The molecule has 1 aliphatic heterocycles. The van der Waals surface area contributed by atoms with Crippen molar-refractivity contribution in [1.82, 2.24) is 15.2 Å². The summed E-state index contributed by atoms with van der Waals surface area (Å²) in [5.41, 5.74) is 3.49. The molecule has 1 saturated carbocycles. The van der Waals surface area contributed by atoms with Gasteiger partial charge in [-0.05, 0) is 44.2 Å². The minimum Gasteiger partial charge on any atom is -0.305 e. The van der Waals surface area contributed by atoms with Gasteiger partial charge in [-0.1, -0.05) is 17.7 Å². The van der Waals surface area contributed by atoms with Crippen LogP contribution in [0.15, 0.2) is 18.2 Å². The zero-order valence-electron chi connectivity index (χ0n) is 12.1. The molecule has 5 heteroatoms. The molecule has 2 aromatic rings. The summed E-state index contributed by atoms with van der Waals surface area (Å²) < 4.78 is 0. The molecule has 2 aliphatic rings. The first kappa shape index (κ1) is 12.6. The fourth-order valence-electron chi connectivity index (χ4n) is 2.97. The van der Waals surface area contributed by atoms with E-state index in [1.54, 1.807) is 0 Å². The number of aromatic nitrogens is 3. The summed E-state index contributed by atoms with van der Waals surface area (Å²) >= 11 is 0. The number of amides is 1. The maximum atomic E-state index is 12.7. The summed E-state index contributed by atoms with van der Waals surface area (Å²) in [6.45, 7) is 2.82. The highest BCUT2D eigenvalue weighted by atomic mass is 16.2. The van der Waals surface area contributed by atoms with Crippen LogP contribution in [0.4, 0.5) is 5.69 Å². The number of nitrogens with one attached hydrogen (secondary N) is 1. The summed E-state index contributed by atoms with van der Waals surface area (Å²) in [5, 5.41) is 7.03. The number of rotatable bonds is 2. The number of aryl methyl sites for hydroxylation is 2. The Morgan fingerprint density at radius 3 is 3.05 bits per heavy atom. The van der Waals surface area contributed by atoms with Gasteiger partial charge in [0.25, 0.3) is 5.91 Å². The first-order valence-electron chi connectivity index (χ1n) is 7.56. The Morgan fingerprint density at radius 1 is 1.38 bits per heavy atom. The molecule has 1 aliphatic carbocycles. The van der Waals surface area contributed by atoms with Crippen LogP contribution in [0.3, 0.4) is 0 Å². The molecule has 1 amide bonds. The van der Waals surface area contributed by atoms with Crippen LogP contribution in [0.5, 0.6) is 0 Å². The molecular formula is C16H18N4O. The van der Waals surface area contributed by atoms with Gasteiger partial charge in [-0.25, -0.2) is 4.98 Å². The average Bonchev–Trinajstić information content (AvgIpc) is 3.23. The topological polar surface area (TPSA) is 61.9 Å². The Morgan fingerprint density at radius 2 is 2.24 bits per heavy atom. The van der Waals surface area contributed by atoms with Crippen molar-refractivity contribution in [3.8, 4) is 0 Å². The smallest absolute Gasteiger partial charge is 0.297 e. The minimum atomic E-state index is -0.0945. The zero-order chi connectivity index (χ0) is 14.4. The Balaban J connectivity index is 1.65. The minimum absolute atomic E-state index is 0.0945. The van der Waals surface area contributed by atoms with Crippen molar-refractivity contribution in [2.24, 2.45) is 0 Å². The number of benzene rings is 1. The van der Waals surface area contributed by atoms with Gasteiger partial charge in [0, 0.05) is 18.2 Å². The molecule has 4 rings (SSSR count). The van der Waals surface area contributed by atoms with Gasteiger partial charge in [-0.2, -0.15) is 0 Å². The zero-order valence-corrected chi connectivity index (χ0v) is 12.1. The SMILES string of the molecule is Cc1ccc2c(c1)CCCN2C(=O)c1n[nH]c(C2CC2)n1. The van der Waals surface area contributed by atoms with Crippen molar-refractivity contribution in [1.29, 1.82) is 0 Å². The van der Waals surface area contributed by atoms with Crippen LogP contribution in [0.2, 0.25) is 0 Å². The molecule has 2 heterocycles. The molecule has 0 radical (unpaired) electrons. The van der Waals surface area contributed by atoms with E-state index >= 15 is 0 Å². The normalized spacial score (nSPS) is 17.7. The number of nitrogens with zero attached hydrogens (tertiary/aromatic N) is 3. The number of carbonyl (C=O) groups excluding carboxylic acids is 1. The second-order valence-electron chi connectivity index (χ2n) is 6.01. The number of H-pyrrole nitrogens is 1. The van der Waals surface area contributed by atoms with Crippen molar-refractivity contribution in [3.05, 3.63) is 41.0 Å². The number of hydrogen-bond donors (Lipinski definition) is 1. The van der Waals surface area contributed by atoms with Crippen LogP contribution in [-0.2, 0) is 6.42 Å². The molecule has 1 N–H and O–H groups in total. The molecule has 1 aromatic carbocycles. The van der Waals surface area contributed by atoms with Gasteiger partial charge in [0.15, 0.2) is 0 Å². The van der Waals surface area contributed by atoms with Gasteiger partial charge < -0.3 is 4.90 Å². The maximum absolute atomic E-state index is 12.7. The first-order chi connectivity index (χ1) is 10.2. The first-order valence-corrected chi connectivity index (χ1v) is 7.56. The van der Waals surface area contributed by atoms with Gasteiger partial charge in [-0.15, -0.1) is 5.10 Å². The van der Waals surface area contributed by atoms with Crippen LogP contribution in [0, 0.1) is 6.92 Å². The predicted octanol–water partition coefficient (Wildman–Crippen LogP) is 2.58. The van der Waals surface area contributed by atoms with Crippen molar-refractivity contribution >= 4 is 11.6 Å². The van der Waals surface area contributed by atoms with Crippen molar-refractivity contribution in [2.45, 2.75) is 38.5 Å². The Kier molecular flexibility index (Phi) is 2.80. The summed E-state index contributed by atoms with van der Waals surface area (Å²) in [4.78, 5) is 18.9. The number of hydrogen-bond acceptors (Lipinski definition) is 3. The van der Waals surface area contributed by atoms with Gasteiger partial charge in [0.1, 0.15) is 5.82 Å². The number of aromatic amines is 1. The van der Waals surface area contributed by atoms with E-state index < -0.39 is 0 Å². The lowest BCUT2D eigenvalue weighted by atomic mass is 9.99. The third kappa shape index (κ3) is 2.22. The largest absolute Gasteiger partial charge is 0.305 e. The van der Waals surface area contributed by atoms with Crippen molar-refractivity contribution < 1.29 is 4.79 Å². The molecule has 1 aromatic heterocycles. The molecule has 0 bridgehead atoms. The molecule has 0 atom stereocenters. The second-order valence-corrected chi connectivity index (χ2v) is 6.01. The summed E-state index contributed by atoms with van der Waals surface area (Å²) in [7, 11) is 0. The highest BCUT2D eigenvalue weighted by Crippen LogP contribution is 2.38.